The van der Waals surface area contributed by atoms with E-state index >= 15 is 0 Å². The van der Waals surface area contributed by atoms with Crippen LogP contribution in [0.25, 0.3) is 0 Å². The molecule has 0 fully saturated rings. The molecular formula is C11H16ClNO3. The monoisotopic (exact) mass is 245 g/mol. The number of benzene rings is 1. The highest BCUT2D eigenvalue weighted by Gasteiger charge is 2.11. The van der Waals surface area contributed by atoms with E-state index < -0.39 is 0 Å². The summed E-state index contributed by atoms with van der Waals surface area (Å²) in [5.74, 6) is 1.15. The van der Waals surface area contributed by atoms with Gasteiger partial charge in [0.2, 0.25) is 0 Å². The van der Waals surface area contributed by atoms with Crippen LogP contribution >= 0.6 is 11.6 Å². The van der Waals surface area contributed by atoms with Crippen LogP contribution in [0.1, 0.15) is 12.5 Å². The molecule has 0 aromatic heterocycles. The fourth-order valence-electron chi connectivity index (χ4n) is 1.27. The number of methoxy groups -OCH3 is 1. The molecule has 1 aromatic carbocycles. The van der Waals surface area contributed by atoms with Crippen LogP contribution in [0.3, 0.4) is 0 Å². The Kier molecular flexibility index (Phi) is 5.38. The number of ether oxygens (including phenoxy) is 3. The van der Waals surface area contributed by atoms with E-state index in [1.807, 2.05) is 6.92 Å². The molecule has 16 heavy (non-hydrogen) atoms. The second kappa shape index (κ2) is 6.58. The van der Waals surface area contributed by atoms with E-state index in [1.54, 1.807) is 19.2 Å². The molecular weight excluding hydrogens is 230 g/mol. The Balaban J connectivity index is 2.93. The Bertz CT molecular complexity index is 319. The third-order valence-corrected chi connectivity index (χ3v) is 2.25. The van der Waals surface area contributed by atoms with Gasteiger partial charge >= 0.3 is 0 Å². The van der Waals surface area contributed by atoms with Crippen molar-refractivity contribution in [2.24, 2.45) is 5.73 Å². The van der Waals surface area contributed by atoms with Crippen molar-refractivity contribution in [2.45, 2.75) is 13.5 Å². The van der Waals surface area contributed by atoms with Gasteiger partial charge in [-0.3, -0.25) is 0 Å². The van der Waals surface area contributed by atoms with E-state index in [4.69, 9.17) is 31.5 Å². The minimum absolute atomic E-state index is 0.168. The molecule has 0 unspecified atom stereocenters. The van der Waals surface area contributed by atoms with Gasteiger partial charge in [0.05, 0.1) is 7.11 Å². The molecule has 0 aliphatic rings. The zero-order valence-electron chi connectivity index (χ0n) is 9.46. The van der Waals surface area contributed by atoms with Gasteiger partial charge in [-0.15, -0.1) is 0 Å². The lowest BCUT2D eigenvalue weighted by Crippen LogP contribution is -2.07. The number of hydrogen-bond acceptors (Lipinski definition) is 4. The molecule has 1 aromatic rings. The number of rotatable bonds is 6. The normalized spacial score (nSPS) is 10.2. The van der Waals surface area contributed by atoms with E-state index in [-0.39, 0.29) is 6.79 Å². The van der Waals surface area contributed by atoms with Crippen molar-refractivity contribution < 1.29 is 14.2 Å². The molecule has 0 spiro atoms. The minimum atomic E-state index is 0.168. The smallest absolute Gasteiger partial charge is 0.189 e. The highest BCUT2D eigenvalue weighted by Crippen LogP contribution is 2.34. The van der Waals surface area contributed by atoms with Gasteiger partial charge in [-0.25, -0.2) is 0 Å². The van der Waals surface area contributed by atoms with Crippen LogP contribution in [0.15, 0.2) is 12.1 Å². The van der Waals surface area contributed by atoms with Gasteiger partial charge in [0.15, 0.2) is 18.3 Å². The predicted molar refractivity (Wildman–Crippen MR) is 63.0 cm³/mol. The molecule has 0 saturated heterocycles. The first-order valence-corrected chi connectivity index (χ1v) is 5.37. The first-order chi connectivity index (χ1) is 7.72. The van der Waals surface area contributed by atoms with Crippen LogP contribution in [-0.4, -0.2) is 20.5 Å². The molecule has 1 rings (SSSR count). The predicted octanol–water partition coefficient (Wildman–Crippen LogP) is 2.18. The molecule has 0 heterocycles. The first-order valence-electron chi connectivity index (χ1n) is 5.00. The van der Waals surface area contributed by atoms with E-state index in [0.717, 1.165) is 5.56 Å². The summed E-state index contributed by atoms with van der Waals surface area (Å²) in [6.45, 7) is 2.99. The Hall–Kier alpha value is -0.970. The standard InChI is InChI=1S/C11H16ClNO3/c1-3-15-7-16-11-8(6-13)4-9(12)5-10(11)14-2/h4-5H,3,6-7,13H2,1-2H3. The van der Waals surface area contributed by atoms with E-state index in [0.29, 0.717) is 29.7 Å². The highest BCUT2D eigenvalue weighted by molar-refractivity contribution is 6.30. The van der Waals surface area contributed by atoms with Crippen molar-refractivity contribution in [1.82, 2.24) is 0 Å². The summed E-state index contributed by atoms with van der Waals surface area (Å²) >= 11 is 5.92. The summed E-state index contributed by atoms with van der Waals surface area (Å²) < 4.78 is 15.8. The van der Waals surface area contributed by atoms with Crippen LogP contribution in [0.2, 0.25) is 5.02 Å². The summed E-state index contributed by atoms with van der Waals surface area (Å²) in [4.78, 5) is 0. The zero-order valence-corrected chi connectivity index (χ0v) is 10.2. The molecule has 0 atom stereocenters. The number of hydrogen-bond donors (Lipinski definition) is 1. The molecule has 90 valence electrons. The van der Waals surface area contributed by atoms with Crippen molar-refractivity contribution in [3.63, 3.8) is 0 Å². The second-order valence-corrected chi connectivity index (χ2v) is 3.49. The summed E-state index contributed by atoms with van der Waals surface area (Å²) in [7, 11) is 1.56. The second-order valence-electron chi connectivity index (χ2n) is 3.06. The topological polar surface area (TPSA) is 53.7 Å². The molecule has 5 heteroatoms. The molecule has 0 radical (unpaired) electrons. The van der Waals surface area contributed by atoms with Gasteiger partial charge in [-0.1, -0.05) is 11.6 Å². The average Bonchev–Trinajstić information content (AvgIpc) is 2.30. The summed E-state index contributed by atoms with van der Waals surface area (Å²) in [5, 5.41) is 0.570. The van der Waals surface area contributed by atoms with Crippen molar-refractivity contribution in [2.75, 3.05) is 20.5 Å². The number of halogens is 1. The SMILES string of the molecule is CCOCOc1c(CN)cc(Cl)cc1OC. The Morgan fingerprint density at radius 1 is 1.38 bits per heavy atom. The van der Waals surface area contributed by atoms with Gasteiger partial charge in [0.25, 0.3) is 0 Å². The third-order valence-electron chi connectivity index (χ3n) is 2.03. The fourth-order valence-corrected chi connectivity index (χ4v) is 1.50. The van der Waals surface area contributed by atoms with E-state index in [9.17, 15) is 0 Å². The summed E-state index contributed by atoms with van der Waals surface area (Å²) in [5.41, 5.74) is 6.41. The first kappa shape index (κ1) is 13.1. The molecule has 4 nitrogen and oxygen atoms in total. The largest absolute Gasteiger partial charge is 0.493 e. The van der Waals surface area contributed by atoms with Crippen molar-refractivity contribution in [3.8, 4) is 11.5 Å². The average molecular weight is 246 g/mol. The molecule has 0 saturated carbocycles. The molecule has 0 amide bonds. The Labute approximate surface area is 100 Å². The lowest BCUT2D eigenvalue weighted by atomic mass is 10.2. The Morgan fingerprint density at radius 3 is 2.69 bits per heavy atom. The maximum Gasteiger partial charge on any atom is 0.189 e. The lowest BCUT2D eigenvalue weighted by Gasteiger charge is -2.14. The maximum absolute atomic E-state index is 5.92. The van der Waals surface area contributed by atoms with Crippen LogP contribution in [0.5, 0.6) is 11.5 Å². The van der Waals surface area contributed by atoms with Gasteiger partial charge in [-0.2, -0.15) is 0 Å². The molecule has 2 N–H and O–H groups in total. The lowest BCUT2D eigenvalue weighted by molar-refractivity contribution is 0.0203. The van der Waals surface area contributed by atoms with Gasteiger partial charge in [-0.05, 0) is 13.0 Å². The fraction of sp³-hybridized carbons (Fsp3) is 0.455. The van der Waals surface area contributed by atoms with Gasteiger partial charge in [0.1, 0.15) is 0 Å². The van der Waals surface area contributed by atoms with Crippen LogP contribution in [0, 0.1) is 0 Å². The van der Waals surface area contributed by atoms with Gasteiger partial charge in [0, 0.05) is 29.8 Å². The van der Waals surface area contributed by atoms with Crippen LogP contribution in [0.4, 0.5) is 0 Å². The molecule has 0 aliphatic carbocycles. The number of nitrogens with two attached hydrogens (primary N) is 1. The molecule has 0 aliphatic heterocycles. The highest BCUT2D eigenvalue weighted by atomic mass is 35.5. The van der Waals surface area contributed by atoms with E-state index in [2.05, 4.69) is 0 Å². The quantitative estimate of drug-likeness (QED) is 0.617. The maximum atomic E-state index is 5.92. The van der Waals surface area contributed by atoms with Crippen LogP contribution in [-0.2, 0) is 11.3 Å². The Morgan fingerprint density at radius 2 is 2.12 bits per heavy atom. The van der Waals surface area contributed by atoms with Gasteiger partial charge < -0.3 is 19.9 Å². The van der Waals surface area contributed by atoms with Crippen molar-refractivity contribution >= 4 is 11.6 Å². The van der Waals surface area contributed by atoms with Crippen molar-refractivity contribution in [1.29, 1.82) is 0 Å². The van der Waals surface area contributed by atoms with E-state index in [1.165, 1.54) is 0 Å². The third kappa shape index (κ3) is 3.27. The summed E-state index contributed by atoms with van der Waals surface area (Å²) in [6, 6.07) is 3.44. The minimum Gasteiger partial charge on any atom is -0.493 e. The zero-order chi connectivity index (χ0) is 12.0. The summed E-state index contributed by atoms with van der Waals surface area (Å²) in [6.07, 6.45) is 0. The van der Waals surface area contributed by atoms with Crippen molar-refractivity contribution in [3.05, 3.63) is 22.7 Å². The van der Waals surface area contributed by atoms with Crippen LogP contribution < -0.4 is 15.2 Å². The molecule has 0 bridgehead atoms.